The highest BCUT2D eigenvalue weighted by atomic mass is 19.4. The molecule has 1 unspecified atom stereocenters. The number of H-pyrrole nitrogens is 1. The number of fused-ring (bicyclic) bond motifs is 1. The fourth-order valence-corrected chi connectivity index (χ4v) is 3.84. The van der Waals surface area contributed by atoms with Gasteiger partial charge in [0.15, 0.2) is 5.82 Å². The van der Waals surface area contributed by atoms with Gasteiger partial charge in [-0.05, 0) is 50.2 Å². The number of nitrogens with one attached hydrogen (secondary N) is 2. The lowest BCUT2D eigenvalue weighted by atomic mass is 9.99. The zero-order chi connectivity index (χ0) is 25.4. The summed E-state index contributed by atoms with van der Waals surface area (Å²) in [5.41, 5.74) is 3.64. The molecule has 5 aromatic rings. The molecule has 4 heterocycles. The van der Waals surface area contributed by atoms with Gasteiger partial charge in [-0.2, -0.15) is 23.4 Å². The minimum Gasteiger partial charge on any atom is -0.392 e. The van der Waals surface area contributed by atoms with E-state index in [1.165, 1.54) is 6.20 Å². The number of hydrogen-bond donors (Lipinski definition) is 3. The van der Waals surface area contributed by atoms with Crippen molar-refractivity contribution in [1.82, 2.24) is 34.9 Å². The van der Waals surface area contributed by atoms with Crippen molar-refractivity contribution in [1.29, 1.82) is 0 Å². The van der Waals surface area contributed by atoms with Gasteiger partial charge in [0.05, 0.1) is 46.8 Å². The monoisotopic (exact) mass is 494 g/mol. The molecule has 0 bridgehead atoms. The Morgan fingerprint density at radius 1 is 1.11 bits per heavy atom. The standard InChI is InChI=1S/C24H21F3N8O/c1-13-3-7-20(33-32-13)30-16-5-6-19-18(9-16)28-12-35(19)21-8-4-15(11-36)23(31-21)17-10-29-34-22(17)14(2)24(25,26)27/h3-10,12,14,36H,11H2,1-2H3,(H,29,34)(H,30,33). The van der Waals surface area contributed by atoms with E-state index in [1.54, 1.807) is 23.0 Å². The van der Waals surface area contributed by atoms with Crippen molar-refractivity contribution in [2.24, 2.45) is 0 Å². The predicted octanol–water partition coefficient (Wildman–Crippen LogP) is 4.81. The Labute approximate surface area is 203 Å². The maximum Gasteiger partial charge on any atom is 0.396 e. The predicted molar refractivity (Wildman–Crippen MR) is 127 cm³/mol. The molecule has 184 valence electrons. The molecule has 0 radical (unpaired) electrons. The van der Waals surface area contributed by atoms with Gasteiger partial charge >= 0.3 is 6.18 Å². The summed E-state index contributed by atoms with van der Waals surface area (Å²) in [5, 5.41) is 27.4. The number of aromatic amines is 1. The van der Waals surface area contributed by atoms with Crippen molar-refractivity contribution in [2.75, 3.05) is 5.32 Å². The number of aromatic nitrogens is 7. The van der Waals surface area contributed by atoms with E-state index in [9.17, 15) is 18.3 Å². The largest absolute Gasteiger partial charge is 0.396 e. The lowest BCUT2D eigenvalue weighted by Crippen LogP contribution is -2.19. The van der Waals surface area contributed by atoms with E-state index in [4.69, 9.17) is 0 Å². The highest BCUT2D eigenvalue weighted by molar-refractivity contribution is 5.82. The van der Waals surface area contributed by atoms with E-state index in [0.717, 1.165) is 23.8 Å². The van der Waals surface area contributed by atoms with Crippen LogP contribution in [0.5, 0.6) is 0 Å². The number of pyridine rings is 1. The van der Waals surface area contributed by atoms with Gasteiger partial charge in [0.2, 0.25) is 0 Å². The Hall–Kier alpha value is -4.32. The molecular formula is C24H21F3N8O. The van der Waals surface area contributed by atoms with Crippen LogP contribution in [-0.2, 0) is 6.61 Å². The molecule has 4 aromatic heterocycles. The number of aliphatic hydroxyl groups is 1. The number of aliphatic hydroxyl groups excluding tert-OH is 1. The van der Waals surface area contributed by atoms with Crippen LogP contribution < -0.4 is 5.32 Å². The van der Waals surface area contributed by atoms with E-state index < -0.39 is 18.7 Å². The van der Waals surface area contributed by atoms with Crippen molar-refractivity contribution in [3.63, 3.8) is 0 Å². The molecule has 0 amide bonds. The van der Waals surface area contributed by atoms with Crippen molar-refractivity contribution in [2.45, 2.75) is 32.5 Å². The van der Waals surface area contributed by atoms with Gasteiger partial charge in [-0.25, -0.2) is 9.97 Å². The molecule has 12 heteroatoms. The average Bonchev–Trinajstić information content (AvgIpc) is 3.51. The van der Waals surface area contributed by atoms with Crippen LogP contribution in [0.4, 0.5) is 24.7 Å². The van der Waals surface area contributed by atoms with Crippen LogP contribution in [-0.4, -0.2) is 46.2 Å². The molecule has 5 rings (SSSR count). The van der Waals surface area contributed by atoms with Crippen LogP contribution in [0, 0.1) is 6.92 Å². The molecule has 3 N–H and O–H groups in total. The Morgan fingerprint density at radius 3 is 2.67 bits per heavy atom. The van der Waals surface area contributed by atoms with Crippen molar-refractivity contribution in [3.05, 3.63) is 71.9 Å². The van der Waals surface area contributed by atoms with Crippen molar-refractivity contribution in [3.8, 4) is 17.1 Å². The summed E-state index contributed by atoms with van der Waals surface area (Å²) >= 11 is 0. The van der Waals surface area contributed by atoms with Gasteiger partial charge in [-0.15, -0.1) is 5.10 Å². The molecule has 36 heavy (non-hydrogen) atoms. The zero-order valence-corrected chi connectivity index (χ0v) is 19.2. The van der Waals surface area contributed by atoms with E-state index >= 15 is 0 Å². The number of anilines is 2. The highest BCUT2D eigenvalue weighted by Crippen LogP contribution is 2.38. The Balaban J connectivity index is 1.52. The van der Waals surface area contributed by atoms with Crippen LogP contribution in [0.25, 0.3) is 28.1 Å². The SMILES string of the molecule is Cc1ccc(Nc2ccc3c(c2)ncn3-c2ccc(CO)c(-c3cn[nH]c3C(C)C(F)(F)F)n2)nn1. The lowest BCUT2D eigenvalue weighted by Gasteiger charge is -2.17. The second-order valence-electron chi connectivity index (χ2n) is 8.30. The second-order valence-corrected chi connectivity index (χ2v) is 8.30. The van der Waals surface area contributed by atoms with E-state index in [0.29, 0.717) is 22.7 Å². The van der Waals surface area contributed by atoms with Gasteiger partial charge < -0.3 is 10.4 Å². The molecule has 0 spiro atoms. The zero-order valence-electron chi connectivity index (χ0n) is 19.2. The fourth-order valence-electron chi connectivity index (χ4n) is 3.84. The van der Waals surface area contributed by atoms with Crippen LogP contribution in [0.1, 0.15) is 29.8 Å². The Morgan fingerprint density at radius 2 is 1.94 bits per heavy atom. The molecule has 9 nitrogen and oxygen atoms in total. The number of imidazole rings is 1. The van der Waals surface area contributed by atoms with Crippen LogP contribution in [0.15, 0.2) is 55.0 Å². The molecule has 1 atom stereocenters. The highest BCUT2D eigenvalue weighted by Gasteiger charge is 2.39. The lowest BCUT2D eigenvalue weighted by molar-refractivity contribution is -0.147. The number of alkyl halides is 3. The van der Waals surface area contributed by atoms with E-state index in [-0.39, 0.29) is 17.0 Å². The molecular weight excluding hydrogens is 473 g/mol. The molecule has 0 fully saturated rings. The van der Waals surface area contributed by atoms with E-state index in [1.807, 2.05) is 37.3 Å². The quantitative estimate of drug-likeness (QED) is 0.310. The van der Waals surface area contributed by atoms with E-state index in [2.05, 4.69) is 35.7 Å². The van der Waals surface area contributed by atoms with Gasteiger partial charge in [0.1, 0.15) is 12.1 Å². The number of hydrogen-bond acceptors (Lipinski definition) is 7. The summed E-state index contributed by atoms with van der Waals surface area (Å²) in [4.78, 5) is 9.06. The van der Waals surface area contributed by atoms with Gasteiger partial charge in [0.25, 0.3) is 0 Å². The third-order valence-corrected chi connectivity index (χ3v) is 5.85. The topological polar surface area (TPSA) is 117 Å². The summed E-state index contributed by atoms with van der Waals surface area (Å²) in [7, 11) is 0. The number of halogens is 3. The summed E-state index contributed by atoms with van der Waals surface area (Å²) in [6.45, 7) is 2.51. The summed E-state index contributed by atoms with van der Waals surface area (Å²) in [6, 6.07) is 12.5. The summed E-state index contributed by atoms with van der Waals surface area (Å²) in [6.07, 6.45) is -1.59. The number of benzene rings is 1. The minimum absolute atomic E-state index is 0.118. The Bertz CT molecular complexity index is 1520. The van der Waals surface area contributed by atoms with Crippen LogP contribution in [0.2, 0.25) is 0 Å². The Kier molecular flexibility index (Phi) is 5.88. The summed E-state index contributed by atoms with van der Waals surface area (Å²) in [5.74, 6) is -0.763. The number of nitrogens with zero attached hydrogens (tertiary/aromatic N) is 6. The number of aryl methyl sites for hydroxylation is 1. The third kappa shape index (κ3) is 4.38. The minimum atomic E-state index is -4.46. The summed E-state index contributed by atoms with van der Waals surface area (Å²) < 4.78 is 42.0. The van der Waals surface area contributed by atoms with Gasteiger partial charge in [0, 0.05) is 16.8 Å². The first-order chi connectivity index (χ1) is 17.2. The first-order valence-corrected chi connectivity index (χ1v) is 11.0. The van der Waals surface area contributed by atoms with Gasteiger partial charge in [-0.1, -0.05) is 6.07 Å². The smallest absolute Gasteiger partial charge is 0.392 e. The number of rotatable bonds is 6. The first-order valence-electron chi connectivity index (χ1n) is 11.0. The second kappa shape index (κ2) is 9.04. The van der Waals surface area contributed by atoms with Crippen molar-refractivity contribution >= 4 is 22.5 Å². The van der Waals surface area contributed by atoms with Crippen molar-refractivity contribution < 1.29 is 18.3 Å². The maximum atomic E-state index is 13.4. The molecule has 0 aliphatic rings. The van der Waals surface area contributed by atoms with Gasteiger partial charge in [-0.3, -0.25) is 9.67 Å². The third-order valence-electron chi connectivity index (χ3n) is 5.85. The normalized spacial score (nSPS) is 12.7. The maximum absolute atomic E-state index is 13.4. The molecule has 0 aliphatic heterocycles. The van der Waals surface area contributed by atoms with Crippen LogP contribution >= 0.6 is 0 Å². The van der Waals surface area contributed by atoms with Crippen LogP contribution in [0.3, 0.4) is 0 Å². The molecule has 1 aromatic carbocycles. The fraction of sp³-hybridized carbons (Fsp3) is 0.208. The molecule has 0 saturated carbocycles. The molecule has 0 saturated heterocycles. The molecule has 0 aliphatic carbocycles. The average molecular weight is 494 g/mol. The first kappa shape index (κ1) is 23.4.